The van der Waals surface area contributed by atoms with E-state index in [0.717, 1.165) is 12.8 Å². The first-order chi connectivity index (χ1) is 14.1. The van der Waals surface area contributed by atoms with Gasteiger partial charge in [0.15, 0.2) is 5.78 Å². The molecule has 5 heteroatoms. The summed E-state index contributed by atoms with van der Waals surface area (Å²) in [6.07, 6.45) is 16.9. The third-order valence-corrected chi connectivity index (χ3v) is 5.72. The Morgan fingerprint density at radius 2 is 1.21 bits per heavy atom. The molecule has 0 fully saturated rings. The third kappa shape index (κ3) is 12.3. The summed E-state index contributed by atoms with van der Waals surface area (Å²) in [5.74, 6) is -0.719. The van der Waals surface area contributed by atoms with Crippen molar-refractivity contribution in [3.8, 4) is 0 Å². The molecule has 0 amide bonds. The van der Waals surface area contributed by atoms with Gasteiger partial charge in [-0.25, -0.2) is 4.79 Å². The summed E-state index contributed by atoms with van der Waals surface area (Å²) in [4.78, 5) is 23.9. The summed E-state index contributed by atoms with van der Waals surface area (Å²) in [7, 11) is 0. The van der Waals surface area contributed by atoms with Crippen molar-refractivity contribution < 1.29 is 14.3 Å². The first kappa shape index (κ1) is 26.0. The molecule has 0 aromatic heterocycles. The molecule has 1 rings (SSSR count). The van der Waals surface area contributed by atoms with E-state index in [0.29, 0.717) is 6.42 Å². The van der Waals surface area contributed by atoms with Gasteiger partial charge in [0, 0.05) is 6.42 Å². The van der Waals surface area contributed by atoms with Crippen LogP contribution in [0.3, 0.4) is 0 Å². The predicted octanol–water partition coefficient (Wildman–Crippen LogP) is 8.20. The van der Waals surface area contributed by atoms with E-state index in [9.17, 15) is 9.59 Å². The lowest BCUT2D eigenvalue weighted by Crippen LogP contribution is -2.14. The second-order valence-electron chi connectivity index (χ2n) is 7.70. The largest absolute Gasteiger partial charge is 0.454 e. The van der Waals surface area contributed by atoms with Crippen LogP contribution in [0.5, 0.6) is 0 Å². The molecule has 0 spiro atoms. The van der Waals surface area contributed by atoms with Gasteiger partial charge in [-0.15, -0.1) is 0 Å². The van der Waals surface area contributed by atoms with E-state index in [1.165, 1.54) is 70.6 Å². The molecule has 0 bridgehead atoms. The maximum atomic E-state index is 12.0. The summed E-state index contributed by atoms with van der Waals surface area (Å²) in [6, 6.07) is 4.79. The van der Waals surface area contributed by atoms with Crippen molar-refractivity contribution in [3.05, 3.63) is 33.8 Å². The van der Waals surface area contributed by atoms with Gasteiger partial charge in [-0.05, 0) is 18.6 Å². The zero-order valence-corrected chi connectivity index (χ0v) is 19.3. The fourth-order valence-corrected chi connectivity index (χ4v) is 3.87. The van der Waals surface area contributed by atoms with Crippen molar-refractivity contribution in [1.29, 1.82) is 0 Å². The molecule has 0 saturated heterocycles. The van der Waals surface area contributed by atoms with E-state index in [-0.39, 0.29) is 28.0 Å². The molecule has 0 radical (unpaired) electrons. The number of carbonyl (C=O) groups excluding carboxylic acids is 2. The fourth-order valence-electron chi connectivity index (χ4n) is 3.32. The van der Waals surface area contributed by atoms with E-state index in [1.807, 2.05) is 0 Å². The first-order valence-electron chi connectivity index (χ1n) is 11.2. The van der Waals surface area contributed by atoms with Crippen LogP contribution in [0.4, 0.5) is 0 Å². The molecule has 0 aliphatic heterocycles. The highest BCUT2D eigenvalue weighted by atomic mass is 35.5. The van der Waals surface area contributed by atoms with E-state index in [4.69, 9.17) is 27.9 Å². The molecule has 0 aliphatic carbocycles. The highest BCUT2D eigenvalue weighted by Crippen LogP contribution is 2.25. The first-order valence-corrected chi connectivity index (χ1v) is 11.9. The molecule has 0 unspecified atom stereocenters. The smallest absolute Gasteiger partial charge is 0.341 e. The molecule has 0 heterocycles. The normalized spacial score (nSPS) is 10.9. The third-order valence-electron chi connectivity index (χ3n) is 5.09. The van der Waals surface area contributed by atoms with E-state index >= 15 is 0 Å². The number of unbranched alkanes of at least 4 members (excludes halogenated alkanes) is 12. The minimum atomic E-state index is -0.653. The summed E-state index contributed by atoms with van der Waals surface area (Å²) >= 11 is 11.9. The Labute approximate surface area is 186 Å². The maximum Gasteiger partial charge on any atom is 0.341 e. The molecule has 3 nitrogen and oxygen atoms in total. The standard InChI is InChI=1S/C24H36Cl2O3/c1-2-3-4-5-6-7-8-9-10-11-12-13-14-16-20(27)19-29-24(28)23-21(25)17-15-18-22(23)26/h15,17-18H,2-14,16,19H2,1H3. The molecule has 29 heavy (non-hydrogen) atoms. The number of rotatable bonds is 17. The quantitative estimate of drug-likeness (QED) is 0.180. The van der Waals surface area contributed by atoms with Crippen molar-refractivity contribution in [3.63, 3.8) is 0 Å². The number of Topliss-reactive ketones (excluding diaryl/α,β-unsaturated/α-hetero) is 1. The van der Waals surface area contributed by atoms with Crippen LogP contribution in [-0.4, -0.2) is 18.4 Å². The molecule has 0 aliphatic rings. The van der Waals surface area contributed by atoms with Crippen LogP contribution in [0.25, 0.3) is 0 Å². The van der Waals surface area contributed by atoms with Crippen LogP contribution >= 0.6 is 23.2 Å². The van der Waals surface area contributed by atoms with Crippen LogP contribution in [0, 0.1) is 0 Å². The summed E-state index contributed by atoms with van der Waals surface area (Å²) in [5.41, 5.74) is 0.115. The minimum Gasteiger partial charge on any atom is -0.454 e. The molecule has 0 atom stereocenters. The van der Waals surface area contributed by atoms with Gasteiger partial charge >= 0.3 is 5.97 Å². The molecular weight excluding hydrogens is 407 g/mol. The van der Waals surface area contributed by atoms with Crippen molar-refractivity contribution in [2.45, 2.75) is 96.8 Å². The van der Waals surface area contributed by atoms with Crippen LogP contribution in [0.1, 0.15) is 107 Å². The molecular formula is C24H36Cl2O3. The Kier molecular flexibility index (Phi) is 15.0. The number of halogens is 2. The number of hydrogen-bond donors (Lipinski definition) is 0. The number of carbonyl (C=O) groups is 2. The van der Waals surface area contributed by atoms with Gasteiger partial charge in [-0.1, -0.05) is 113 Å². The summed E-state index contributed by atoms with van der Waals surface area (Å²) < 4.78 is 5.06. The van der Waals surface area contributed by atoms with Gasteiger partial charge in [-0.2, -0.15) is 0 Å². The predicted molar refractivity (Wildman–Crippen MR) is 122 cm³/mol. The Hall–Kier alpha value is -1.06. The van der Waals surface area contributed by atoms with Gasteiger partial charge in [0.25, 0.3) is 0 Å². The van der Waals surface area contributed by atoms with Crippen LogP contribution in [0.2, 0.25) is 10.0 Å². The lowest BCUT2D eigenvalue weighted by atomic mass is 10.0. The van der Waals surface area contributed by atoms with Crippen molar-refractivity contribution in [2.75, 3.05) is 6.61 Å². The zero-order valence-electron chi connectivity index (χ0n) is 17.8. The lowest BCUT2D eigenvalue weighted by molar-refractivity contribution is -0.122. The van der Waals surface area contributed by atoms with E-state index < -0.39 is 5.97 Å². The molecule has 0 N–H and O–H groups in total. The molecule has 164 valence electrons. The van der Waals surface area contributed by atoms with Gasteiger partial charge in [0.05, 0.1) is 15.6 Å². The van der Waals surface area contributed by atoms with E-state index in [2.05, 4.69) is 6.92 Å². The van der Waals surface area contributed by atoms with E-state index in [1.54, 1.807) is 18.2 Å². The molecule has 1 aromatic rings. The number of esters is 1. The Morgan fingerprint density at radius 3 is 1.69 bits per heavy atom. The minimum absolute atomic E-state index is 0.0652. The van der Waals surface area contributed by atoms with Gasteiger partial charge in [-0.3, -0.25) is 4.79 Å². The SMILES string of the molecule is CCCCCCCCCCCCCCCC(=O)COC(=O)c1c(Cl)cccc1Cl. The molecule has 1 aromatic carbocycles. The van der Waals surface area contributed by atoms with Crippen molar-refractivity contribution >= 4 is 35.0 Å². The topological polar surface area (TPSA) is 43.4 Å². The van der Waals surface area contributed by atoms with Gasteiger partial charge in [0.1, 0.15) is 6.61 Å². The fraction of sp³-hybridized carbons (Fsp3) is 0.667. The molecule has 0 saturated carbocycles. The Bertz CT molecular complexity index is 582. The van der Waals surface area contributed by atoms with Crippen molar-refractivity contribution in [1.82, 2.24) is 0 Å². The van der Waals surface area contributed by atoms with Crippen molar-refractivity contribution in [2.24, 2.45) is 0 Å². The number of hydrogen-bond acceptors (Lipinski definition) is 3. The lowest BCUT2D eigenvalue weighted by Gasteiger charge is -2.07. The van der Waals surface area contributed by atoms with Crippen LogP contribution < -0.4 is 0 Å². The number of ketones is 1. The van der Waals surface area contributed by atoms with Crippen LogP contribution in [-0.2, 0) is 9.53 Å². The summed E-state index contributed by atoms with van der Waals surface area (Å²) in [6.45, 7) is 2.03. The van der Waals surface area contributed by atoms with Crippen LogP contribution in [0.15, 0.2) is 18.2 Å². The maximum absolute atomic E-state index is 12.0. The van der Waals surface area contributed by atoms with Gasteiger partial charge in [0.2, 0.25) is 0 Å². The highest BCUT2D eigenvalue weighted by molar-refractivity contribution is 6.39. The highest BCUT2D eigenvalue weighted by Gasteiger charge is 2.17. The average Bonchev–Trinajstić information content (AvgIpc) is 2.69. The Balaban J connectivity index is 1.97. The zero-order chi connectivity index (χ0) is 21.3. The number of benzene rings is 1. The second-order valence-corrected chi connectivity index (χ2v) is 8.52. The van der Waals surface area contributed by atoms with Gasteiger partial charge < -0.3 is 4.74 Å². The average molecular weight is 443 g/mol. The monoisotopic (exact) mass is 442 g/mol. The Morgan fingerprint density at radius 1 is 0.759 bits per heavy atom. The second kappa shape index (κ2) is 16.7. The summed E-state index contributed by atoms with van der Waals surface area (Å²) in [5, 5.41) is 0.456. The number of ether oxygens (including phenoxy) is 1.